The first-order chi connectivity index (χ1) is 27.7. The number of hydrogen-bond acceptors (Lipinski definition) is 7. The van der Waals surface area contributed by atoms with Gasteiger partial charge in [-0.05, 0) is 29.3 Å². The van der Waals surface area contributed by atoms with Gasteiger partial charge < -0.3 is 4.42 Å². The third kappa shape index (κ3) is 5.44. The molecule has 0 aliphatic carbocycles. The molecule has 11 aromatic rings. The van der Waals surface area contributed by atoms with E-state index in [9.17, 15) is 0 Å². The normalized spacial score (nSPS) is 11.6. The van der Waals surface area contributed by atoms with Crippen molar-refractivity contribution in [2.75, 3.05) is 0 Å². The Hall–Kier alpha value is -7.35. The van der Waals surface area contributed by atoms with E-state index in [-0.39, 0.29) is 0 Å². The number of benzene rings is 7. The van der Waals surface area contributed by atoms with Crippen LogP contribution in [-0.4, -0.2) is 24.9 Å². The number of thiophene rings is 1. The molecule has 0 spiro atoms. The molecule has 0 fully saturated rings. The summed E-state index contributed by atoms with van der Waals surface area (Å²) in [6, 6.07) is 59.8. The summed E-state index contributed by atoms with van der Waals surface area (Å²) in [6.45, 7) is 0. The monoisotopic (exact) mass is 735 g/mol. The summed E-state index contributed by atoms with van der Waals surface area (Å²) in [5.41, 5.74) is 10.3. The van der Waals surface area contributed by atoms with Crippen LogP contribution in [0.4, 0.5) is 0 Å². The van der Waals surface area contributed by atoms with Crippen LogP contribution in [0.2, 0.25) is 0 Å². The first-order valence-corrected chi connectivity index (χ1v) is 19.2. The maximum absolute atomic E-state index is 6.55. The van der Waals surface area contributed by atoms with Gasteiger partial charge >= 0.3 is 0 Å². The Labute approximate surface area is 325 Å². The van der Waals surface area contributed by atoms with Crippen molar-refractivity contribution in [1.82, 2.24) is 24.9 Å². The Morgan fingerprint density at radius 2 is 0.857 bits per heavy atom. The van der Waals surface area contributed by atoms with Crippen LogP contribution in [0.3, 0.4) is 0 Å². The second kappa shape index (κ2) is 13.2. The molecule has 6 nitrogen and oxygen atoms in total. The molecule has 0 radical (unpaired) electrons. The van der Waals surface area contributed by atoms with Gasteiger partial charge in [0.1, 0.15) is 11.2 Å². The highest BCUT2D eigenvalue weighted by Gasteiger charge is 2.21. The van der Waals surface area contributed by atoms with Gasteiger partial charge in [-0.1, -0.05) is 158 Å². The Bertz CT molecular complexity index is 3180. The van der Waals surface area contributed by atoms with E-state index in [0.29, 0.717) is 23.3 Å². The molecule has 0 N–H and O–H groups in total. The molecular formula is C49H29N5OS. The Kier molecular flexibility index (Phi) is 7.57. The molecule has 56 heavy (non-hydrogen) atoms. The summed E-state index contributed by atoms with van der Waals surface area (Å²) >= 11 is 1.74. The van der Waals surface area contributed by atoms with Crippen molar-refractivity contribution in [2.24, 2.45) is 0 Å². The minimum Gasteiger partial charge on any atom is -0.456 e. The van der Waals surface area contributed by atoms with Gasteiger partial charge in [0.25, 0.3) is 0 Å². The first-order valence-electron chi connectivity index (χ1n) is 18.4. The molecule has 0 aliphatic heterocycles. The number of hydrogen-bond donors (Lipinski definition) is 0. The standard InChI is InChI=1S/C49H29N5OS/c1-4-14-32(15-5-1)46-50-43(45-44(51-46)36-20-10-11-25-40(36)56-45)31-28-26-30(27-29-31)35-21-12-23-38-41(35)42-37(22-13-24-39(42)55-38)49-53-47(33-16-6-2-7-17-33)52-48(54-49)34-18-8-3-9-19-34/h1-29H. The van der Waals surface area contributed by atoms with E-state index >= 15 is 0 Å². The fourth-order valence-corrected chi connectivity index (χ4v) is 8.69. The topological polar surface area (TPSA) is 77.6 Å². The van der Waals surface area contributed by atoms with Gasteiger partial charge in [0.2, 0.25) is 0 Å². The van der Waals surface area contributed by atoms with Crippen LogP contribution in [0, 0.1) is 0 Å². The zero-order valence-corrected chi connectivity index (χ0v) is 30.6. The lowest BCUT2D eigenvalue weighted by Gasteiger charge is -2.10. The largest absolute Gasteiger partial charge is 0.456 e. The molecule has 262 valence electrons. The van der Waals surface area contributed by atoms with E-state index in [1.807, 2.05) is 97.1 Å². The quantitative estimate of drug-likeness (QED) is 0.169. The van der Waals surface area contributed by atoms with Crippen LogP contribution >= 0.6 is 11.3 Å². The number of furan rings is 1. The molecule has 0 unspecified atom stereocenters. The summed E-state index contributed by atoms with van der Waals surface area (Å²) in [7, 11) is 0. The zero-order chi connectivity index (χ0) is 37.0. The lowest BCUT2D eigenvalue weighted by atomic mass is 9.96. The Morgan fingerprint density at radius 3 is 1.48 bits per heavy atom. The maximum atomic E-state index is 6.55. The maximum Gasteiger partial charge on any atom is 0.164 e. The summed E-state index contributed by atoms with van der Waals surface area (Å²) in [5.74, 6) is 2.53. The van der Waals surface area contributed by atoms with Crippen LogP contribution in [0.15, 0.2) is 180 Å². The molecule has 0 saturated heterocycles. The van der Waals surface area contributed by atoms with Gasteiger partial charge in [-0.25, -0.2) is 24.9 Å². The Morgan fingerprint density at radius 1 is 0.357 bits per heavy atom. The molecular weight excluding hydrogens is 707 g/mol. The number of fused-ring (bicyclic) bond motifs is 6. The van der Waals surface area contributed by atoms with E-state index in [1.165, 1.54) is 4.70 Å². The SMILES string of the molecule is c1ccc(-c2nc(-c3ccccc3)nc(-c3cccc4oc5cccc(-c6ccc(-c7nc(-c8ccccc8)nc8c7sc7ccccc78)cc6)c5c34)n2)cc1. The van der Waals surface area contributed by atoms with Crippen molar-refractivity contribution in [3.8, 4) is 67.9 Å². The molecule has 11 rings (SSSR count). The molecule has 7 aromatic carbocycles. The van der Waals surface area contributed by atoms with E-state index in [1.54, 1.807) is 11.3 Å². The highest BCUT2D eigenvalue weighted by molar-refractivity contribution is 7.26. The third-order valence-electron chi connectivity index (χ3n) is 10.2. The van der Waals surface area contributed by atoms with Gasteiger partial charge in [0, 0.05) is 48.7 Å². The van der Waals surface area contributed by atoms with E-state index < -0.39 is 0 Å². The minimum absolute atomic E-state index is 0.585. The van der Waals surface area contributed by atoms with Crippen molar-refractivity contribution < 1.29 is 4.42 Å². The first kappa shape index (κ1) is 32.1. The van der Waals surface area contributed by atoms with E-state index in [4.69, 9.17) is 29.3 Å². The highest BCUT2D eigenvalue weighted by atomic mass is 32.1. The van der Waals surface area contributed by atoms with Crippen molar-refractivity contribution in [2.45, 2.75) is 0 Å². The van der Waals surface area contributed by atoms with Crippen LogP contribution in [0.5, 0.6) is 0 Å². The number of aromatic nitrogens is 5. The third-order valence-corrected chi connectivity index (χ3v) is 11.4. The molecule has 0 saturated carbocycles. The lowest BCUT2D eigenvalue weighted by Crippen LogP contribution is -2.00. The highest BCUT2D eigenvalue weighted by Crippen LogP contribution is 2.43. The zero-order valence-electron chi connectivity index (χ0n) is 29.8. The van der Waals surface area contributed by atoms with Gasteiger partial charge in [0.05, 0.1) is 15.9 Å². The second-order valence-corrected chi connectivity index (χ2v) is 14.7. The summed E-state index contributed by atoms with van der Waals surface area (Å²) in [6.07, 6.45) is 0. The summed E-state index contributed by atoms with van der Waals surface area (Å²) < 4.78 is 8.82. The van der Waals surface area contributed by atoms with Crippen molar-refractivity contribution in [1.29, 1.82) is 0 Å². The van der Waals surface area contributed by atoms with Crippen molar-refractivity contribution >= 4 is 53.6 Å². The molecule has 0 atom stereocenters. The van der Waals surface area contributed by atoms with Gasteiger partial charge in [-0.2, -0.15) is 0 Å². The molecule has 4 aromatic heterocycles. The molecule has 0 bridgehead atoms. The fourth-order valence-electron chi connectivity index (χ4n) is 7.53. The second-order valence-electron chi connectivity index (χ2n) is 13.6. The van der Waals surface area contributed by atoms with Crippen LogP contribution in [-0.2, 0) is 0 Å². The lowest BCUT2D eigenvalue weighted by molar-refractivity contribution is 0.669. The minimum atomic E-state index is 0.585. The van der Waals surface area contributed by atoms with Gasteiger partial charge in [-0.15, -0.1) is 11.3 Å². The molecule has 0 amide bonds. The predicted molar refractivity (Wildman–Crippen MR) is 228 cm³/mol. The Balaban J connectivity index is 1.08. The van der Waals surface area contributed by atoms with Crippen molar-refractivity contribution in [3.05, 3.63) is 176 Å². The van der Waals surface area contributed by atoms with Crippen LogP contribution < -0.4 is 0 Å². The predicted octanol–water partition coefficient (Wildman–Crippen LogP) is 12.9. The summed E-state index contributed by atoms with van der Waals surface area (Å²) in [5, 5.41) is 3.11. The number of nitrogens with zero attached hydrogens (tertiary/aromatic N) is 5. The molecule has 0 aliphatic rings. The van der Waals surface area contributed by atoms with Crippen LogP contribution in [0.1, 0.15) is 0 Å². The molecule has 4 heterocycles. The summed E-state index contributed by atoms with van der Waals surface area (Å²) in [4.78, 5) is 25.4. The van der Waals surface area contributed by atoms with E-state index in [0.717, 1.165) is 82.2 Å². The average molecular weight is 736 g/mol. The van der Waals surface area contributed by atoms with Gasteiger partial charge in [0.15, 0.2) is 23.3 Å². The van der Waals surface area contributed by atoms with Crippen LogP contribution in [0.25, 0.3) is 110 Å². The van der Waals surface area contributed by atoms with Crippen molar-refractivity contribution in [3.63, 3.8) is 0 Å². The van der Waals surface area contributed by atoms with Gasteiger partial charge in [-0.3, -0.25) is 0 Å². The average Bonchev–Trinajstić information content (AvgIpc) is 3.86. The fraction of sp³-hybridized carbons (Fsp3) is 0. The smallest absolute Gasteiger partial charge is 0.164 e. The number of rotatable bonds is 6. The molecule has 7 heteroatoms. The van der Waals surface area contributed by atoms with E-state index in [2.05, 4.69) is 78.9 Å².